The van der Waals surface area contributed by atoms with Crippen molar-refractivity contribution in [3.63, 3.8) is 0 Å². The Kier molecular flexibility index (Phi) is 6.31. The summed E-state index contributed by atoms with van der Waals surface area (Å²) in [5.41, 5.74) is 0.141. The van der Waals surface area contributed by atoms with Crippen LogP contribution in [-0.4, -0.2) is 28.2 Å². The van der Waals surface area contributed by atoms with Crippen LogP contribution in [0.5, 0.6) is 0 Å². The Morgan fingerprint density at radius 1 is 1.03 bits per heavy atom. The fraction of sp³-hybridized carbons (Fsp3) is 0.900. The van der Waals surface area contributed by atoms with E-state index in [1.54, 1.807) is 0 Å². The number of aliphatic hydroxyl groups is 2. The molecule has 2 N–H and O–H groups in total. The lowest BCUT2D eigenvalue weighted by Gasteiger charge is -2.60. The molecule has 0 aromatic rings. The van der Waals surface area contributed by atoms with Gasteiger partial charge in [-0.3, -0.25) is 4.79 Å². The standard InChI is InChI=1S/C30H50O3/c1-18(2)19(3)9-10-20(4)22-11-13-29(8)26(33)30(16-15-27(22,29)6)25(32)17-23-21(5)24(31)12-14-28(23,30)7/h18,20-25,31-32H,3,9-17H2,1-2,4-8H3/t20-,21+,22-,23+,24+,25+,27-,28+,29+,30-/m1/s1. The molecule has 188 valence electrons. The fourth-order valence-electron chi connectivity index (χ4n) is 9.63. The van der Waals surface area contributed by atoms with Crippen LogP contribution in [0.4, 0.5) is 0 Å². The molecule has 0 aliphatic heterocycles. The first-order valence-electron chi connectivity index (χ1n) is 13.8. The van der Waals surface area contributed by atoms with Gasteiger partial charge in [-0.05, 0) is 98.2 Å². The Labute approximate surface area is 202 Å². The lowest BCUT2D eigenvalue weighted by Crippen LogP contribution is -2.63. The number of carbonyl (C=O) groups is 1. The van der Waals surface area contributed by atoms with Crippen LogP contribution >= 0.6 is 0 Å². The third kappa shape index (κ3) is 3.23. The lowest BCUT2D eigenvalue weighted by atomic mass is 9.42. The monoisotopic (exact) mass is 458 g/mol. The van der Waals surface area contributed by atoms with Gasteiger partial charge in [0.05, 0.1) is 17.6 Å². The highest BCUT2D eigenvalue weighted by atomic mass is 16.3. The minimum atomic E-state index is -0.635. The number of aliphatic hydroxyl groups excluding tert-OH is 2. The van der Waals surface area contributed by atoms with Gasteiger partial charge in [0.25, 0.3) is 0 Å². The molecule has 0 amide bonds. The van der Waals surface area contributed by atoms with Gasteiger partial charge in [0, 0.05) is 5.41 Å². The van der Waals surface area contributed by atoms with E-state index >= 15 is 0 Å². The maximum Gasteiger partial charge on any atom is 0.148 e. The topological polar surface area (TPSA) is 57.5 Å². The van der Waals surface area contributed by atoms with E-state index in [1.165, 1.54) is 5.57 Å². The second-order valence-electron chi connectivity index (χ2n) is 13.8. The van der Waals surface area contributed by atoms with Crippen molar-refractivity contribution in [3.8, 4) is 0 Å². The first-order valence-corrected chi connectivity index (χ1v) is 13.8. The zero-order valence-electron chi connectivity index (χ0n) is 22.4. The molecule has 4 aliphatic rings. The summed E-state index contributed by atoms with van der Waals surface area (Å²) in [5, 5.41) is 22.1. The summed E-state index contributed by atoms with van der Waals surface area (Å²) in [5.74, 6) is 2.41. The molecule has 4 rings (SSSR count). The van der Waals surface area contributed by atoms with E-state index in [2.05, 4.69) is 55.0 Å². The van der Waals surface area contributed by atoms with Crippen LogP contribution in [0.15, 0.2) is 12.2 Å². The lowest BCUT2D eigenvalue weighted by molar-refractivity contribution is -0.181. The molecule has 33 heavy (non-hydrogen) atoms. The maximum atomic E-state index is 14.7. The number of allylic oxidation sites excluding steroid dienone is 1. The van der Waals surface area contributed by atoms with E-state index in [1.807, 2.05) is 0 Å². The number of carbonyl (C=O) groups excluding carboxylic acids is 1. The van der Waals surface area contributed by atoms with Crippen molar-refractivity contribution in [1.82, 2.24) is 0 Å². The molecule has 4 saturated carbocycles. The number of hydrogen-bond donors (Lipinski definition) is 2. The highest BCUT2D eigenvalue weighted by molar-refractivity contribution is 5.94. The van der Waals surface area contributed by atoms with Crippen molar-refractivity contribution in [1.29, 1.82) is 0 Å². The van der Waals surface area contributed by atoms with Gasteiger partial charge in [-0.2, -0.15) is 0 Å². The summed E-state index contributed by atoms with van der Waals surface area (Å²) in [6, 6.07) is 0. The number of rotatable bonds is 5. The molecule has 0 aromatic carbocycles. The SMILES string of the molecule is C=C(CC[C@@H](C)[C@H]1CC[C@@]2(C)C(=O)[C@@]3(CC[C@]12C)[C@@H](O)C[C@H]1[C@H](C)[C@@H](O)CC[C@@]13C)C(C)C. The van der Waals surface area contributed by atoms with Crippen LogP contribution in [-0.2, 0) is 4.79 Å². The molecule has 4 fully saturated rings. The molecule has 0 bridgehead atoms. The van der Waals surface area contributed by atoms with E-state index in [9.17, 15) is 15.0 Å². The van der Waals surface area contributed by atoms with Crippen LogP contribution < -0.4 is 0 Å². The van der Waals surface area contributed by atoms with Crippen LogP contribution in [0, 0.1) is 51.2 Å². The minimum absolute atomic E-state index is 0.00186. The molecule has 10 atom stereocenters. The van der Waals surface area contributed by atoms with Crippen LogP contribution in [0.25, 0.3) is 0 Å². The molecular weight excluding hydrogens is 408 g/mol. The maximum absolute atomic E-state index is 14.7. The third-order valence-corrected chi connectivity index (χ3v) is 12.5. The summed E-state index contributed by atoms with van der Waals surface area (Å²) in [7, 11) is 0. The molecule has 4 aliphatic carbocycles. The van der Waals surface area contributed by atoms with E-state index in [0.29, 0.717) is 30.0 Å². The summed E-state index contributed by atoms with van der Waals surface area (Å²) >= 11 is 0. The van der Waals surface area contributed by atoms with Gasteiger partial charge in [0.15, 0.2) is 0 Å². The van der Waals surface area contributed by atoms with Gasteiger partial charge in [0.1, 0.15) is 5.78 Å². The van der Waals surface area contributed by atoms with Crippen molar-refractivity contribution in [2.75, 3.05) is 0 Å². The Morgan fingerprint density at radius 3 is 2.33 bits per heavy atom. The molecule has 3 heteroatoms. The van der Waals surface area contributed by atoms with E-state index < -0.39 is 11.5 Å². The third-order valence-electron chi connectivity index (χ3n) is 12.5. The fourth-order valence-corrected chi connectivity index (χ4v) is 9.63. The van der Waals surface area contributed by atoms with Gasteiger partial charge in [0.2, 0.25) is 0 Å². The molecule has 0 aromatic heterocycles. The highest BCUT2D eigenvalue weighted by Crippen LogP contribution is 2.74. The van der Waals surface area contributed by atoms with E-state index in [4.69, 9.17) is 0 Å². The zero-order chi connectivity index (χ0) is 24.6. The Bertz CT molecular complexity index is 802. The summed E-state index contributed by atoms with van der Waals surface area (Å²) in [6.07, 6.45) is 7.57. The van der Waals surface area contributed by atoms with Gasteiger partial charge < -0.3 is 10.2 Å². The highest BCUT2D eigenvalue weighted by Gasteiger charge is 2.75. The van der Waals surface area contributed by atoms with E-state index in [0.717, 1.165) is 51.4 Å². The van der Waals surface area contributed by atoms with Crippen molar-refractivity contribution in [2.45, 2.75) is 118 Å². The Balaban J connectivity index is 1.62. The average molecular weight is 459 g/mol. The number of fused-ring (bicyclic) bond motifs is 3. The number of hydrogen-bond acceptors (Lipinski definition) is 3. The van der Waals surface area contributed by atoms with Gasteiger partial charge in [-0.1, -0.05) is 60.6 Å². The molecule has 3 nitrogen and oxygen atoms in total. The van der Waals surface area contributed by atoms with Gasteiger partial charge >= 0.3 is 0 Å². The molecule has 0 heterocycles. The molecule has 0 unspecified atom stereocenters. The normalized spacial score (nSPS) is 50.5. The first kappa shape index (κ1) is 25.4. The zero-order valence-corrected chi connectivity index (χ0v) is 22.4. The first-order chi connectivity index (χ1) is 15.3. The minimum Gasteiger partial charge on any atom is -0.393 e. The largest absolute Gasteiger partial charge is 0.393 e. The van der Waals surface area contributed by atoms with Gasteiger partial charge in [-0.15, -0.1) is 0 Å². The quantitative estimate of drug-likeness (QED) is 0.458. The number of ketones is 1. The Hall–Kier alpha value is -0.670. The second kappa shape index (κ2) is 8.19. The summed E-state index contributed by atoms with van der Waals surface area (Å²) < 4.78 is 0. The molecule has 1 spiro atoms. The van der Waals surface area contributed by atoms with Crippen molar-refractivity contribution in [2.24, 2.45) is 51.2 Å². The number of Topliss-reactive ketones (excluding diaryl/α,β-unsaturated/α-hetero) is 1. The molecule has 0 radical (unpaired) electrons. The van der Waals surface area contributed by atoms with Crippen LogP contribution in [0.3, 0.4) is 0 Å². The molecule has 0 saturated heterocycles. The summed E-state index contributed by atoms with van der Waals surface area (Å²) in [4.78, 5) is 14.7. The Morgan fingerprint density at radius 2 is 1.70 bits per heavy atom. The summed E-state index contributed by atoms with van der Waals surface area (Å²) in [6.45, 7) is 20.2. The predicted octanol–water partition coefficient (Wildman–Crippen LogP) is 6.56. The van der Waals surface area contributed by atoms with Crippen LogP contribution in [0.1, 0.15) is 106 Å². The van der Waals surface area contributed by atoms with Crippen LogP contribution in [0.2, 0.25) is 0 Å². The van der Waals surface area contributed by atoms with Crippen molar-refractivity contribution < 1.29 is 15.0 Å². The average Bonchev–Trinajstić information content (AvgIpc) is 3.16. The van der Waals surface area contributed by atoms with Gasteiger partial charge in [-0.25, -0.2) is 0 Å². The smallest absolute Gasteiger partial charge is 0.148 e. The predicted molar refractivity (Wildman–Crippen MR) is 135 cm³/mol. The molecular formula is C30H50O3. The second-order valence-corrected chi connectivity index (χ2v) is 13.8. The van der Waals surface area contributed by atoms with E-state index in [-0.39, 0.29) is 34.2 Å². The van der Waals surface area contributed by atoms with Crippen molar-refractivity contribution in [3.05, 3.63) is 12.2 Å². The van der Waals surface area contributed by atoms with Crippen molar-refractivity contribution >= 4 is 5.78 Å².